The van der Waals surface area contributed by atoms with Crippen LogP contribution in [0.3, 0.4) is 0 Å². The van der Waals surface area contributed by atoms with Crippen molar-refractivity contribution in [1.82, 2.24) is 15.5 Å². The van der Waals surface area contributed by atoms with Crippen molar-refractivity contribution in [3.63, 3.8) is 0 Å². The molecular formula is C21H27FN4O. The zero-order valence-corrected chi connectivity index (χ0v) is 15.9. The fourth-order valence-corrected chi connectivity index (χ4v) is 2.61. The van der Waals surface area contributed by atoms with Crippen LogP contribution in [0.25, 0.3) is 0 Å². The van der Waals surface area contributed by atoms with Crippen LogP contribution in [-0.4, -0.2) is 43.4 Å². The summed E-state index contributed by atoms with van der Waals surface area (Å²) in [5.74, 6) is 0.401. The molecule has 2 rings (SSSR count). The number of rotatable bonds is 8. The maximum Gasteiger partial charge on any atom is 0.224 e. The van der Waals surface area contributed by atoms with Crippen molar-refractivity contribution in [2.75, 3.05) is 26.7 Å². The lowest BCUT2D eigenvalue weighted by atomic mass is 10.1. The SMILES string of the molecule is CCNC(=NCCNC(=O)Cc1ccc(F)cc1)N(C)Cc1ccccc1. The highest BCUT2D eigenvalue weighted by atomic mass is 19.1. The van der Waals surface area contributed by atoms with Crippen LogP contribution in [-0.2, 0) is 17.8 Å². The van der Waals surface area contributed by atoms with Crippen molar-refractivity contribution >= 4 is 11.9 Å². The summed E-state index contributed by atoms with van der Waals surface area (Å²) in [6, 6.07) is 16.1. The lowest BCUT2D eigenvalue weighted by Gasteiger charge is -2.22. The highest BCUT2D eigenvalue weighted by molar-refractivity contribution is 5.80. The van der Waals surface area contributed by atoms with E-state index in [1.807, 2.05) is 32.2 Å². The average Bonchev–Trinajstić information content (AvgIpc) is 2.67. The predicted molar refractivity (Wildman–Crippen MR) is 107 cm³/mol. The topological polar surface area (TPSA) is 56.7 Å². The second kappa shape index (κ2) is 11.0. The zero-order chi connectivity index (χ0) is 19.5. The highest BCUT2D eigenvalue weighted by Gasteiger charge is 2.07. The standard InChI is InChI=1S/C21H27FN4O/c1-3-23-21(26(2)16-18-7-5-4-6-8-18)25-14-13-24-20(27)15-17-9-11-19(22)12-10-17/h4-12H,3,13-16H2,1-2H3,(H,23,25)(H,24,27). The lowest BCUT2D eigenvalue weighted by Crippen LogP contribution is -2.39. The zero-order valence-electron chi connectivity index (χ0n) is 15.9. The number of carbonyl (C=O) groups is 1. The molecule has 0 bridgehead atoms. The van der Waals surface area contributed by atoms with E-state index in [1.54, 1.807) is 12.1 Å². The van der Waals surface area contributed by atoms with Crippen molar-refractivity contribution in [2.45, 2.75) is 19.9 Å². The summed E-state index contributed by atoms with van der Waals surface area (Å²) < 4.78 is 12.9. The van der Waals surface area contributed by atoms with Crippen molar-refractivity contribution < 1.29 is 9.18 Å². The van der Waals surface area contributed by atoms with E-state index >= 15 is 0 Å². The number of hydrogen-bond donors (Lipinski definition) is 2. The van der Waals surface area contributed by atoms with E-state index in [4.69, 9.17) is 0 Å². The third kappa shape index (κ3) is 7.48. The summed E-state index contributed by atoms with van der Waals surface area (Å²) in [5.41, 5.74) is 1.99. The Hall–Kier alpha value is -2.89. The van der Waals surface area contributed by atoms with Gasteiger partial charge < -0.3 is 15.5 Å². The molecule has 0 saturated carbocycles. The molecule has 0 spiro atoms. The van der Waals surface area contributed by atoms with Gasteiger partial charge in [0.15, 0.2) is 5.96 Å². The van der Waals surface area contributed by atoms with Crippen molar-refractivity contribution in [1.29, 1.82) is 0 Å². The van der Waals surface area contributed by atoms with Gasteiger partial charge in [-0.15, -0.1) is 0 Å². The van der Waals surface area contributed by atoms with Crippen LogP contribution in [0.4, 0.5) is 4.39 Å². The average molecular weight is 370 g/mol. The monoisotopic (exact) mass is 370 g/mol. The molecule has 2 aromatic rings. The van der Waals surface area contributed by atoms with Gasteiger partial charge in [-0.25, -0.2) is 4.39 Å². The highest BCUT2D eigenvalue weighted by Crippen LogP contribution is 2.04. The van der Waals surface area contributed by atoms with Gasteiger partial charge in [0.25, 0.3) is 0 Å². The summed E-state index contributed by atoms with van der Waals surface area (Å²) in [6.45, 7) is 4.49. The Balaban J connectivity index is 1.80. The van der Waals surface area contributed by atoms with E-state index in [0.717, 1.165) is 24.6 Å². The fourth-order valence-electron chi connectivity index (χ4n) is 2.61. The molecule has 0 heterocycles. The predicted octanol–water partition coefficient (Wildman–Crippen LogP) is 2.58. The molecule has 0 unspecified atom stereocenters. The normalized spacial score (nSPS) is 11.1. The molecule has 2 aromatic carbocycles. The smallest absolute Gasteiger partial charge is 0.224 e. The molecule has 2 N–H and O–H groups in total. The van der Waals surface area contributed by atoms with Crippen LogP contribution >= 0.6 is 0 Å². The Morgan fingerprint density at radius 2 is 1.74 bits per heavy atom. The Kier molecular flexibility index (Phi) is 8.29. The number of aliphatic imine (C=N–C) groups is 1. The minimum Gasteiger partial charge on any atom is -0.357 e. The third-order valence-electron chi connectivity index (χ3n) is 3.93. The minimum absolute atomic E-state index is 0.0977. The minimum atomic E-state index is -0.302. The van der Waals surface area contributed by atoms with Crippen LogP contribution in [0, 0.1) is 5.82 Å². The molecule has 0 aliphatic carbocycles. The molecule has 0 aromatic heterocycles. The molecule has 0 saturated heterocycles. The van der Waals surface area contributed by atoms with E-state index < -0.39 is 0 Å². The van der Waals surface area contributed by atoms with Crippen molar-refractivity contribution in [2.24, 2.45) is 4.99 Å². The number of halogens is 1. The van der Waals surface area contributed by atoms with Crippen LogP contribution in [0.5, 0.6) is 0 Å². The van der Waals surface area contributed by atoms with E-state index in [1.165, 1.54) is 17.7 Å². The Morgan fingerprint density at radius 3 is 2.41 bits per heavy atom. The molecule has 1 amide bonds. The van der Waals surface area contributed by atoms with Gasteiger partial charge in [-0.3, -0.25) is 9.79 Å². The van der Waals surface area contributed by atoms with Crippen LogP contribution < -0.4 is 10.6 Å². The van der Waals surface area contributed by atoms with Gasteiger partial charge in [0.2, 0.25) is 5.91 Å². The molecule has 0 fully saturated rings. The van der Waals surface area contributed by atoms with Crippen molar-refractivity contribution in [3.8, 4) is 0 Å². The van der Waals surface area contributed by atoms with Crippen molar-refractivity contribution in [3.05, 3.63) is 71.5 Å². The molecule has 5 nitrogen and oxygen atoms in total. The first-order valence-electron chi connectivity index (χ1n) is 9.13. The third-order valence-corrected chi connectivity index (χ3v) is 3.93. The number of nitrogens with zero attached hydrogens (tertiary/aromatic N) is 2. The van der Waals surface area contributed by atoms with Crippen LogP contribution in [0.15, 0.2) is 59.6 Å². The number of nitrogens with one attached hydrogen (secondary N) is 2. The number of benzene rings is 2. The van der Waals surface area contributed by atoms with E-state index in [2.05, 4.69) is 32.7 Å². The van der Waals surface area contributed by atoms with Crippen LogP contribution in [0.1, 0.15) is 18.1 Å². The molecule has 0 atom stereocenters. The van der Waals surface area contributed by atoms with Gasteiger partial charge in [0.1, 0.15) is 5.82 Å². The Morgan fingerprint density at radius 1 is 1.04 bits per heavy atom. The van der Waals surface area contributed by atoms with Gasteiger partial charge in [-0.05, 0) is 30.2 Å². The number of hydrogen-bond acceptors (Lipinski definition) is 2. The summed E-state index contributed by atoms with van der Waals surface area (Å²) in [5, 5.41) is 6.11. The molecule has 0 aliphatic heterocycles. The summed E-state index contributed by atoms with van der Waals surface area (Å²) >= 11 is 0. The molecule has 0 radical (unpaired) electrons. The van der Waals surface area contributed by atoms with Gasteiger partial charge in [0, 0.05) is 26.7 Å². The molecule has 27 heavy (non-hydrogen) atoms. The summed E-state index contributed by atoms with van der Waals surface area (Å²) in [7, 11) is 1.99. The Labute approximate surface area is 160 Å². The maximum atomic E-state index is 12.9. The maximum absolute atomic E-state index is 12.9. The second-order valence-electron chi connectivity index (χ2n) is 6.23. The van der Waals surface area contributed by atoms with Crippen LogP contribution in [0.2, 0.25) is 0 Å². The first-order valence-corrected chi connectivity index (χ1v) is 9.13. The summed E-state index contributed by atoms with van der Waals surface area (Å²) in [4.78, 5) is 18.6. The summed E-state index contributed by atoms with van der Waals surface area (Å²) in [6.07, 6.45) is 0.234. The molecule has 0 aliphatic rings. The van der Waals surface area contributed by atoms with Gasteiger partial charge in [0.05, 0.1) is 13.0 Å². The lowest BCUT2D eigenvalue weighted by molar-refractivity contribution is -0.120. The van der Waals surface area contributed by atoms with E-state index in [0.29, 0.717) is 13.1 Å². The Bertz CT molecular complexity index is 732. The van der Waals surface area contributed by atoms with Gasteiger partial charge >= 0.3 is 0 Å². The molecule has 6 heteroatoms. The first-order chi connectivity index (χ1) is 13.1. The number of amides is 1. The first kappa shape index (κ1) is 20.4. The second-order valence-corrected chi connectivity index (χ2v) is 6.23. The molecular weight excluding hydrogens is 343 g/mol. The largest absolute Gasteiger partial charge is 0.357 e. The molecule has 144 valence electrons. The van der Waals surface area contributed by atoms with E-state index in [-0.39, 0.29) is 18.1 Å². The number of carbonyl (C=O) groups excluding carboxylic acids is 1. The van der Waals surface area contributed by atoms with E-state index in [9.17, 15) is 9.18 Å². The van der Waals surface area contributed by atoms with Gasteiger partial charge in [-0.2, -0.15) is 0 Å². The van der Waals surface area contributed by atoms with Gasteiger partial charge in [-0.1, -0.05) is 42.5 Å². The fraction of sp³-hybridized carbons (Fsp3) is 0.333. The quantitative estimate of drug-likeness (QED) is 0.427. The number of guanidine groups is 1.